The van der Waals surface area contributed by atoms with Crippen molar-refractivity contribution in [3.63, 3.8) is 0 Å². The van der Waals surface area contributed by atoms with Crippen LogP contribution in [-0.4, -0.2) is 5.91 Å². The fourth-order valence-electron chi connectivity index (χ4n) is 3.05. The van der Waals surface area contributed by atoms with Gasteiger partial charge in [0.2, 0.25) is 5.91 Å². The van der Waals surface area contributed by atoms with Gasteiger partial charge >= 0.3 is 0 Å². The molecule has 0 radical (unpaired) electrons. The summed E-state index contributed by atoms with van der Waals surface area (Å²) in [6.45, 7) is 0. The Morgan fingerprint density at radius 3 is 2.48 bits per heavy atom. The Morgan fingerprint density at radius 2 is 1.67 bits per heavy atom. The van der Waals surface area contributed by atoms with Crippen LogP contribution in [-0.2, 0) is 12.8 Å². The van der Waals surface area contributed by atoms with Crippen LogP contribution in [0.25, 0.3) is 12.2 Å². The molecule has 0 saturated heterocycles. The molecule has 0 aromatic heterocycles. The van der Waals surface area contributed by atoms with Gasteiger partial charge in [-0.25, -0.2) is 0 Å². The summed E-state index contributed by atoms with van der Waals surface area (Å²) in [5.41, 5.74) is 11.3. The number of aryl methyl sites for hydroxylation is 2. The standard InChI is InChI=1S/C18H15NOS/c19-18(20)15-7-5-11-4-6-14-8-12-2-1-3-13(12)9-17(14)21-16(11)10-15/h4-10H,1-3H2,(H2,19,20). The molecule has 2 aromatic carbocycles. The summed E-state index contributed by atoms with van der Waals surface area (Å²) in [6.07, 6.45) is 7.94. The summed E-state index contributed by atoms with van der Waals surface area (Å²) in [4.78, 5) is 13.7. The van der Waals surface area contributed by atoms with Gasteiger partial charge in [-0.1, -0.05) is 36.0 Å². The van der Waals surface area contributed by atoms with E-state index in [1.54, 1.807) is 17.8 Å². The molecular weight excluding hydrogens is 278 g/mol. The van der Waals surface area contributed by atoms with E-state index < -0.39 is 0 Å². The van der Waals surface area contributed by atoms with E-state index in [0.717, 1.165) is 10.5 Å². The molecule has 2 N–H and O–H groups in total. The Hall–Kier alpha value is -2.00. The van der Waals surface area contributed by atoms with Crippen LogP contribution >= 0.6 is 11.8 Å². The number of rotatable bonds is 1. The molecule has 3 heteroatoms. The maximum absolute atomic E-state index is 11.4. The average Bonchev–Trinajstić information content (AvgIpc) is 2.84. The number of fused-ring (bicyclic) bond motifs is 3. The van der Waals surface area contributed by atoms with Gasteiger partial charge in [-0.3, -0.25) is 4.79 Å². The fraction of sp³-hybridized carbons (Fsp3) is 0.167. The summed E-state index contributed by atoms with van der Waals surface area (Å²) in [5, 5.41) is 0. The molecule has 0 atom stereocenters. The minimum Gasteiger partial charge on any atom is -0.366 e. The summed E-state index contributed by atoms with van der Waals surface area (Å²) in [7, 11) is 0. The van der Waals surface area contributed by atoms with Crippen LogP contribution in [0.15, 0.2) is 40.1 Å². The van der Waals surface area contributed by atoms with E-state index >= 15 is 0 Å². The van der Waals surface area contributed by atoms with Gasteiger partial charge in [0.15, 0.2) is 0 Å². The monoisotopic (exact) mass is 293 g/mol. The van der Waals surface area contributed by atoms with Gasteiger partial charge < -0.3 is 5.73 Å². The highest BCUT2D eigenvalue weighted by atomic mass is 32.2. The van der Waals surface area contributed by atoms with E-state index in [1.165, 1.54) is 40.8 Å². The molecule has 0 unspecified atom stereocenters. The first-order valence-electron chi connectivity index (χ1n) is 7.16. The van der Waals surface area contributed by atoms with Crippen molar-refractivity contribution >= 4 is 29.8 Å². The van der Waals surface area contributed by atoms with Crippen molar-refractivity contribution in [1.29, 1.82) is 0 Å². The summed E-state index contributed by atoms with van der Waals surface area (Å²) in [6, 6.07) is 10.3. The lowest BCUT2D eigenvalue weighted by molar-refractivity contribution is 0.1000. The largest absolute Gasteiger partial charge is 0.366 e. The highest BCUT2D eigenvalue weighted by molar-refractivity contribution is 7.99. The number of carbonyl (C=O) groups is 1. The lowest BCUT2D eigenvalue weighted by atomic mass is 10.0. The Kier molecular flexibility index (Phi) is 2.89. The second-order valence-corrected chi connectivity index (χ2v) is 6.65. The zero-order valence-electron chi connectivity index (χ0n) is 11.6. The van der Waals surface area contributed by atoms with Crippen molar-refractivity contribution in [3.05, 3.63) is 58.1 Å². The summed E-state index contributed by atoms with van der Waals surface area (Å²) < 4.78 is 0. The van der Waals surface area contributed by atoms with Crippen LogP contribution in [0.1, 0.15) is 39.0 Å². The molecule has 0 fully saturated rings. The van der Waals surface area contributed by atoms with E-state index in [0.29, 0.717) is 5.56 Å². The van der Waals surface area contributed by atoms with Crippen molar-refractivity contribution < 1.29 is 4.79 Å². The van der Waals surface area contributed by atoms with Crippen molar-refractivity contribution in [1.82, 2.24) is 0 Å². The van der Waals surface area contributed by atoms with Gasteiger partial charge in [0.05, 0.1) is 0 Å². The van der Waals surface area contributed by atoms with E-state index in [-0.39, 0.29) is 5.91 Å². The maximum atomic E-state index is 11.4. The SMILES string of the molecule is NC(=O)c1ccc2c(c1)Sc1cc3c(cc1C=C2)CCC3. The molecule has 2 nitrogen and oxygen atoms in total. The highest BCUT2D eigenvalue weighted by Gasteiger charge is 2.17. The van der Waals surface area contributed by atoms with E-state index in [9.17, 15) is 4.79 Å². The van der Waals surface area contributed by atoms with Crippen LogP contribution < -0.4 is 5.73 Å². The van der Waals surface area contributed by atoms with Gasteiger partial charge in [0, 0.05) is 15.4 Å². The van der Waals surface area contributed by atoms with Crippen molar-refractivity contribution in [2.24, 2.45) is 5.73 Å². The second kappa shape index (κ2) is 4.78. The molecule has 104 valence electrons. The number of primary amides is 1. The Labute approximate surface area is 128 Å². The normalized spacial score (nSPS) is 15.0. The maximum Gasteiger partial charge on any atom is 0.248 e. The van der Waals surface area contributed by atoms with Gasteiger partial charge in [-0.15, -0.1) is 0 Å². The number of hydrogen-bond donors (Lipinski definition) is 1. The molecule has 2 aromatic rings. The van der Waals surface area contributed by atoms with E-state index in [2.05, 4.69) is 24.3 Å². The highest BCUT2D eigenvalue weighted by Crippen LogP contribution is 2.40. The average molecular weight is 293 g/mol. The predicted octanol–water partition coefficient (Wildman–Crippen LogP) is 3.91. The molecule has 0 saturated carbocycles. The zero-order valence-corrected chi connectivity index (χ0v) is 12.4. The van der Waals surface area contributed by atoms with E-state index in [1.807, 2.05) is 12.1 Å². The molecule has 2 aliphatic rings. The molecule has 21 heavy (non-hydrogen) atoms. The molecule has 0 bridgehead atoms. The van der Waals surface area contributed by atoms with Crippen LogP contribution in [0.3, 0.4) is 0 Å². The predicted molar refractivity (Wildman–Crippen MR) is 86.5 cm³/mol. The first-order valence-corrected chi connectivity index (χ1v) is 7.98. The third-order valence-electron chi connectivity index (χ3n) is 4.18. The lowest BCUT2D eigenvalue weighted by Crippen LogP contribution is -2.10. The van der Waals surface area contributed by atoms with E-state index in [4.69, 9.17) is 5.73 Å². The van der Waals surface area contributed by atoms with Crippen LogP contribution in [0.2, 0.25) is 0 Å². The quantitative estimate of drug-likeness (QED) is 0.739. The summed E-state index contributed by atoms with van der Waals surface area (Å²) >= 11 is 1.73. The summed E-state index contributed by atoms with van der Waals surface area (Å²) in [5.74, 6) is -0.374. The smallest absolute Gasteiger partial charge is 0.248 e. The fourth-order valence-corrected chi connectivity index (χ4v) is 4.17. The number of benzene rings is 2. The number of nitrogens with two attached hydrogens (primary N) is 1. The molecule has 1 amide bonds. The second-order valence-electron chi connectivity index (χ2n) is 5.56. The van der Waals surface area contributed by atoms with Crippen molar-refractivity contribution in [2.45, 2.75) is 29.1 Å². The van der Waals surface area contributed by atoms with Crippen LogP contribution in [0, 0.1) is 0 Å². The van der Waals surface area contributed by atoms with Crippen molar-refractivity contribution in [3.8, 4) is 0 Å². The molecule has 1 heterocycles. The zero-order chi connectivity index (χ0) is 14.4. The Bertz CT molecular complexity index is 792. The first-order chi connectivity index (χ1) is 10.2. The minimum atomic E-state index is -0.374. The van der Waals surface area contributed by atoms with Gasteiger partial charge in [0.25, 0.3) is 0 Å². The van der Waals surface area contributed by atoms with Crippen LogP contribution in [0.4, 0.5) is 0 Å². The molecular formula is C18H15NOS. The Balaban J connectivity index is 1.83. The minimum absolute atomic E-state index is 0.374. The number of amides is 1. The van der Waals surface area contributed by atoms with Gasteiger partial charge in [-0.2, -0.15) is 0 Å². The number of carbonyl (C=O) groups excluding carboxylic acids is 1. The lowest BCUT2D eigenvalue weighted by Gasteiger charge is -2.09. The Morgan fingerprint density at radius 1 is 0.952 bits per heavy atom. The third-order valence-corrected chi connectivity index (χ3v) is 5.33. The third kappa shape index (κ3) is 2.18. The topological polar surface area (TPSA) is 43.1 Å². The first kappa shape index (κ1) is 12.7. The van der Waals surface area contributed by atoms with Gasteiger partial charge in [-0.05, 0) is 59.7 Å². The molecule has 1 aliphatic carbocycles. The molecule has 0 spiro atoms. The number of hydrogen-bond acceptors (Lipinski definition) is 2. The molecule has 1 aliphatic heterocycles. The van der Waals surface area contributed by atoms with Crippen LogP contribution in [0.5, 0.6) is 0 Å². The molecule has 4 rings (SSSR count). The van der Waals surface area contributed by atoms with Crippen molar-refractivity contribution in [2.75, 3.05) is 0 Å². The van der Waals surface area contributed by atoms with Gasteiger partial charge in [0.1, 0.15) is 0 Å².